The van der Waals surface area contributed by atoms with Gasteiger partial charge in [0.2, 0.25) is 0 Å². The summed E-state index contributed by atoms with van der Waals surface area (Å²) in [5.74, 6) is 0. The van der Waals surface area contributed by atoms with Gasteiger partial charge in [-0.2, -0.15) is 13.2 Å². The quantitative estimate of drug-likeness (QED) is 0.711. The SMILES string of the molecule is CCCCOCC(O)CNc1ccc(Cl)c(C(F)(F)F)c1. The lowest BCUT2D eigenvalue weighted by molar-refractivity contribution is -0.137. The molecule has 0 aliphatic rings. The number of benzene rings is 1. The number of unbranched alkanes of at least 4 members (excludes halogenated alkanes) is 1. The Kier molecular flexibility index (Phi) is 7.28. The number of ether oxygens (including phenoxy) is 1. The van der Waals surface area contributed by atoms with Crippen molar-refractivity contribution >= 4 is 17.3 Å². The van der Waals surface area contributed by atoms with Crippen molar-refractivity contribution < 1.29 is 23.0 Å². The molecule has 120 valence electrons. The monoisotopic (exact) mass is 325 g/mol. The van der Waals surface area contributed by atoms with E-state index in [0.717, 1.165) is 18.9 Å². The van der Waals surface area contributed by atoms with Gasteiger partial charge in [-0.05, 0) is 24.6 Å². The van der Waals surface area contributed by atoms with Crippen molar-refractivity contribution in [3.63, 3.8) is 0 Å². The van der Waals surface area contributed by atoms with Gasteiger partial charge in [0, 0.05) is 18.8 Å². The lowest BCUT2D eigenvalue weighted by Crippen LogP contribution is -2.25. The topological polar surface area (TPSA) is 41.5 Å². The van der Waals surface area contributed by atoms with Crippen LogP contribution in [0.1, 0.15) is 25.3 Å². The Labute approximate surface area is 127 Å². The average molecular weight is 326 g/mol. The summed E-state index contributed by atoms with van der Waals surface area (Å²) in [6.07, 6.45) is -3.38. The van der Waals surface area contributed by atoms with Gasteiger partial charge >= 0.3 is 6.18 Å². The third kappa shape index (κ3) is 6.54. The van der Waals surface area contributed by atoms with Crippen LogP contribution in [-0.4, -0.2) is 31.0 Å². The van der Waals surface area contributed by atoms with Crippen LogP contribution in [0.4, 0.5) is 18.9 Å². The van der Waals surface area contributed by atoms with Gasteiger partial charge in [0.25, 0.3) is 0 Å². The van der Waals surface area contributed by atoms with Crippen LogP contribution in [0.2, 0.25) is 5.02 Å². The number of halogens is 4. The minimum absolute atomic E-state index is 0.102. The number of aliphatic hydroxyl groups excluding tert-OH is 1. The highest BCUT2D eigenvalue weighted by Gasteiger charge is 2.33. The van der Waals surface area contributed by atoms with Gasteiger partial charge in [0.05, 0.1) is 23.3 Å². The molecule has 1 aromatic carbocycles. The molecular formula is C14H19ClF3NO2. The van der Waals surface area contributed by atoms with E-state index in [1.807, 2.05) is 6.92 Å². The highest BCUT2D eigenvalue weighted by Crippen LogP contribution is 2.36. The van der Waals surface area contributed by atoms with Crippen LogP contribution in [0.25, 0.3) is 0 Å². The second-order valence-corrected chi connectivity index (χ2v) is 5.06. The standard InChI is InChI=1S/C14H19ClF3NO2/c1-2-3-6-21-9-11(20)8-19-10-4-5-13(15)12(7-10)14(16,17)18/h4-5,7,11,19-20H,2-3,6,8-9H2,1H3. The van der Waals surface area contributed by atoms with Gasteiger partial charge in [-0.25, -0.2) is 0 Å². The molecule has 0 aromatic heterocycles. The zero-order valence-electron chi connectivity index (χ0n) is 11.7. The molecule has 1 unspecified atom stereocenters. The summed E-state index contributed by atoms with van der Waals surface area (Å²) in [6, 6.07) is 3.53. The predicted molar refractivity (Wildman–Crippen MR) is 76.7 cm³/mol. The van der Waals surface area contributed by atoms with Crippen molar-refractivity contribution in [3.8, 4) is 0 Å². The summed E-state index contributed by atoms with van der Waals surface area (Å²) in [5.41, 5.74) is -0.651. The Morgan fingerprint density at radius 3 is 2.71 bits per heavy atom. The second kappa shape index (κ2) is 8.46. The zero-order valence-corrected chi connectivity index (χ0v) is 12.5. The first-order valence-electron chi connectivity index (χ1n) is 6.71. The summed E-state index contributed by atoms with van der Waals surface area (Å²) >= 11 is 5.52. The van der Waals surface area contributed by atoms with Crippen LogP contribution in [-0.2, 0) is 10.9 Å². The Balaban J connectivity index is 2.48. The smallest absolute Gasteiger partial charge is 0.389 e. The lowest BCUT2D eigenvalue weighted by Gasteiger charge is -2.15. The highest BCUT2D eigenvalue weighted by atomic mass is 35.5. The first kappa shape index (κ1) is 18.1. The van der Waals surface area contributed by atoms with Crippen molar-refractivity contribution in [2.45, 2.75) is 32.0 Å². The fourth-order valence-electron chi connectivity index (χ4n) is 1.61. The van der Waals surface area contributed by atoms with E-state index < -0.39 is 17.8 Å². The molecule has 7 heteroatoms. The molecule has 1 aromatic rings. The molecule has 0 aliphatic carbocycles. The number of rotatable bonds is 8. The van der Waals surface area contributed by atoms with Crippen LogP contribution in [0, 0.1) is 0 Å². The van der Waals surface area contributed by atoms with Gasteiger partial charge in [-0.1, -0.05) is 24.9 Å². The molecule has 0 spiro atoms. The van der Waals surface area contributed by atoms with Crippen LogP contribution >= 0.6 is 11.6 Å². The van der Waals surface area contributed by atoms with Gasteiger partial charge in [0.1, 0.15) is 0 Å². The van der Waals surface area contributed by atoms with Crippen LogP contribution in [0.15, 0.2) is 18.2 Å². The van der Waals surface area contributed by atoms with E-state index >= 15 is 0 Å². The molecule has 0 radical (unpaired) electrons. The molecule has 0 aliphatic heterocycles. The summed E-state index contributed by atoms with van der Waals surface area (Å²) in [6.45, 7) is 2.84. The van der Waals surface area contributed by atoms with Crippen LogP contribution in [0.3, 0.4) is 0 Å². The molecule has 0 saturated carbocycles. The minimum Gasteiger partial charge on any atom is -0.389 e. The van der Waals surface area contributed by atoms with E-state index in [9.17, 15) is 18.3 Å². The van der Waals surface area contributed by atoms with Crippen molar-refractivity contribution in [2.75, 3.05) is 25.1 Å². The van der Waals surface area contributed by atoms with Crippen molar-refractivity contribution in [3.05, 3.63) is 28.8 Å². The predicted octanol–water partition coefficient (Wildman–Crippen LogP) is 3.95. The first-order chi connectivity index (χ1) is 9.84. The van der Waals surface area contributed by atoms with Crippen molar-refractivity contribution in [1.82, 2.24) is 0 Å². The van der Waals surface area contributed by atoms with Gasteiger partial charge < -0.3 is 15.2 Å². The number of hydrogen-bond donors (Lipinski definition) is 2. The van der Waals surface area contributed by atoms with Gasteiger partial charge in [-0.15, -0.1) is 0 Å². The van der Waals surface area contributed by atoms with E-state index in [2.05, 4.69) is 5.32 Å². The van der Waals surface area contributed by atoms with Crippen molar-refractivity contribution in [2.24, 2.45) is 0 Å². The maximum atomic E-state index is 12.7. The highest BCUT2D eigenvalue weighted by molar-refractivity contribution is 6.31. The van der Waals surface area contributed by atoms with E-state index in [4.69, 9.17) is 16.3 Å². The fourth-order valence-corrected chi connectivity index (χ4v) is 1.84. The molecule has 1 atom stereocenters. The Bertz CT molecular complexity index is 441. The zero-order chi connectivity index (χ0) is 15.9. The number of hydrogen-bond acceptors (Lipinski definition) is 3. The molecule has 21 heavy (non-hydrogen) atoms. The Hall–Kier alpha value is -0.980. The number of alkyl halides is 3. The van der Waals surface area contributed by atoms with E-state index in [0.29, 0.717) is 6.61 Å². The first-order valence-corrected chi connectivity index (χ1v) is 7.08. The number of nitrogens with one attached hydrogen (secondary N) is 1. The molecule has 0 amide bonds. The molecule has 0 fully saturated rings. The summed E-state index contributed by atoms with van der Waals surface area (Å²) < 4.78 is 43.3. The van der Waals surface area contributed by atoms with E-state index in [-0.39, 0.29) is 23.9 Å². The minimum atomic E-state index is -4.50. The molecular weight excluding hydrogens is 307 g/mol. The molecule has 0 saturated heterocycles. The summed E-state index contributed by atoms with van der Waals surface area (Å²) in [4.78, 5) is 0. The summed E-state index contributed by atoms with van der Waals surface area (Å²) in [7, 11) is 0. The maximum Gasteiger partial charge on any atom is 0.417 e. The largest absolute Gasteiger partial charge is 0.417 e. The van der Waals surface area contributed by atoms with Crippen molar-refractivity contribution in [1.29, 1.82) is 0 Å². The lowest BCUT2D eigenvalue weighted by atomic mass is 10.2. The Morgan fingerprint density at radius 1 is 1.38 bits per heavy atom. The summed E-state index contributed by atoms with van der Waals surface area (Å²) in [5, 5.41) is 12.0. The maximum absolute atomic E-state index is 12.7. The molecule has 0 bridgehead atoms. The molecule has 1 rings (SSSR count). The normalized spacial score (nSPS) is 13.2. The molecule has 3 nitrogen and oxygen atoms in total. The second-order valence-electron chi connectivity index (χ2n) is 4.66. The van der Waals surface area contributed by atoms with E-state index in [1.165, 1.54) is 12.1 Å². The third-order valence-corrected chi connectivity index (χ3v) is 3.10. The number of anilines is 1. The van der Waals surface area contributed by atoms with E-state index in [1.54, 1.807) is 0 Å². The van der Waals surface area contributed by atoms with Gasteiger partial charge in [0.15, 0.2) is 0 Å². The Morgan fingerprint density at radius 2 is 2.10 bits per heavy atom. The van der Waals surface area contributed by atoms with Crippen LogP contribution in [0.5, 0.6) is 0 Å². The molecule has 0 heterocycles. The average Bonchev–Trinajstić information content (AvgIpc) is 2.41. The molecule has 2 N–H and O–H groups in total. The number of aliphatic hydroxyl groups is 1. The third-order valence-electron chi connectivity index (χ3n) is 2.77. The van der Waals surface area contributed by atoms with Gasteiger partial charge in [-0.3, -0.25) is 0 Å². The fraction of sp³-hybridized carbons (Fsp3) is 0.571. The van der Waals surface area contributed by atoms with Crippen LogP contribution < -0.4 is 5.32 Å².